The number of aromatic nitrogens is 2. The summed E-state index contributed by atoms with van der Waals surface area (Å²) in [7, 11) is 1.61. The summed E-state index contributed by atoms with van der Waals surface area (Å²) < 4.78 is 5.24. The molecule has 1 aromatic carbocycles. The van der Waals surface area contributed by atoms with E-state index in [1.807, 2.05) is 29.3 Å². The van der Waals surface area contributed by atoms with Crippen molar-refractivity contribution in [3.63, 3.8) is 0 Å². The summed E-state index contributed by atoms with van der Waals surface area (Å²) in [6, 6.07) is 7.27. The first-order valence-corrected chi connectivity index (χ1v) is 8.76. The van der Waals surface area contributed by atoms with Gasteiger partial charge in [0.2, 0.25) is 0 Å². The summed E-state index contributed by atoms with van der Waals surface area (Å²) in [6.07, 6.45) is 4.72. The molecule has 0 spiro atoms. The van der Waals surface area contributed by atoms with E-state index in [0.717, 1.165) is 50.4 Å². The molecule has 0 saturated carbocycles. The molecule has 1 unspecified atom stereocenters. The van der Waals surface area contributed by atoms with Gasteiger partial charge in [0.25, 0.3) is 5.91 Å². The maximum absolute atomic E-state index is 13.0. The van der Waals surface area contributed by atoms with Gasteiger partial charge in [-0.1, -0.05) is 6.07 Å². The summed E-state index contributed by atoms with van der Waals surface area (Å²) in [4.78, 5) is 24.2. The normalized spacial score (nSPS) is 19.6. The molecular formula is C19H22N4O2. The summed E-state index contributed by atoms with van der Waals surface area (Å²) in [6.45, 7) is 2.51. The van der Waals surface area contributed by atoms with Gasteiger partial charge in [0.1, 0.15) is 5.75 Å². The molecule has 1 fully saturated rings. The fraction of sp³-hybridized carbons (Fsp3) is 0.421. The zero-order valence-electron chi connectivity index (χ0n) is 14.4. The maximum Gasteiger partial charge on any atom is 0.254 e. The van der Waals surface area contributed by atoms with Crippen LogP contribution >= 0.6 is 0 Å². The zero-order chi connectivity index (χ0) is 17.2. The van der Waals surface area contributed by atoms with Crippen molar-refractivity contribution in [1.29, 1.82) is 0 Å². The minimum absolute atomic E-state index is 0.0180. The van der Waals surface area contributed by atoms with E-state index >= 15 is 0 Å². The summed E-state index contributed by atoms with van der Waals surface area (Å²) in [5.74, 6) is 1.48. The molecular weight excluding hydrogens is 316 g/mol. The van der Waals surface area contributed by atoms with Crippen LogP contribution in [-0.4, -0.2) is 41.0 Å². The number of amides is 1. The van der Waals surface area contributed by atoms with Crippen LogP contribution in [0.2, 0.25) is 0 Å². The second-order valence-corrected chi connectivity index (χ2v) is 6.52. The average Bonchev–Trinajstić information content (AvgIpc) is 3.17. The van der Waals surface area contributed by atoms with Crippen molar-refractivity contribution in [3.05, 3.63) is 53.1 Å². The third-order valence-corrected chi connectivity index (χ3v) is 4.96. The number of carbonyl (C=O) groups excluding carboxylic acids is 1. The van der Waals surface area contributed by atoms with Gasteiger partial charge in [0.15, 0.2) is 5.82 Å². The van der Waals surface area contributed by atoms with E-state index in [1.165, 1.54) is 5.56 Å². The van der Waals surface area contributed by atoms with Gasteiger partial charge in [-0.2, -0.15) is 0 Å². The molecule has 4 rings (SSSR count). The largest absolute Gasteiger partial charge is 0.497 e. The molecule has 25 heavy (non-hydrogen) atoms. The van der Waals surface area contributed by atoms with Gasteiger partial charge in [-0.05, 0) is 31.0 Å². The Morgan fingerprint density at radius 1 is 1.40 bits per heavy atom. The maximum atomic E-state index is 13.0. The molecule has 2 aromatic rings. The second-order valence-electron chi connectivity index (χ2n) is 6.52. The molecule has 1 N–H and O–H groups in total. The average molecular weight is 338 g/mol. The fourth-order valence-corrected chi connectivity index (χ4v) is 3.61. The number of benzene rings is 1. The third-order valence-electron chi connectivity index (χ3n) is 4.96. The SMILES string of the molecule is COc1cccc(C(=O)N2CCCC2c2ncc3c(n2)CCNC3)c1. The predicted molar refractivity (Wildman–Crippen MR) is 93.4 cm³/mol. The van der Waals surface area contributed by atoms with Gasteiger partial charge < -0.3 is 15.0 Å². The first-order valence-electron chi connectivity index (χ1n) is 8.76. The van der Waals surface area contributed by atoms with E-state index in [2.05, 4.69) is 10.3 Å². The lowest BCUT2D eigenvalue weighted by Crippen LogP contribution is -2.32. The molecule has 1 saturated heterocycles. The molecule has 130 valence electrons. The lowest BCUT2D eigenvalue weighted by Gasteiger charge is -2.25. The van der Waals surface area contributed by atoms with Crippen molar-refractivity contribution in [2.45, 2.75) is 31.8 Å². The Balaban J connectivity index is 1.60. The monoisotopic (exact) mass is 338 g/mol. The highest BCUT2D eigenvalue weighted by Gasteiger charge is 2.33. The van der Waals surface area contributed by atoms with E-state index in [1.54, 1.807) is 13.2 Å². The molecule has 0 radical (unpaired) electrons. The van der Waals surface area contributed by atoms with Crippen LogP contribution in [-0.2, 0) is 13.0 Å². The first-order chi connectivity index (χ1) is 12.3. The molecule has 6 nitrogen and oxygen atoms in total. The predicted octanol–water partition coefficient (Wildman–Crippen LogP) is 2.11. The van der Waals surface area contributed by atoms with Crippen LogP contribution in [0, 0.1) is 0 Å². The lowest BCUT2D eigenvalue weighted by molar-refractivity contribution is 0.0729. The second kappa shape index (κ2) is 6.80. The Bertz CT molecular complexity index is 793. The van der Waals surface area contributed by atoms with Crippen LogP contribution in [0.5, 0.6) is 5.75 Å². The summed E-state index contributed by atoms with van der Waals surface area (Å²) >= 11 is 0. The van der Waals surface area contributed by atoms with E-state index < -0.39 is 0 Å². The Hall–Kier alpha value is -2.47. The van der Waals surface area contributed by atoms with Gasteiger partial charge in [0, 0.05) is 49.1 Å². The lowest BCUT2D eigenvalue weighted by atomic mass is 10.1. The van der Waals surface area contributed by atoms with Crippen molar-refractivity contribution < 1.29 is 9.53 Å². The van der Waals surface area contributed by atoms with E-state index in [9.17, 15) is 4.79 Å². The highest BCUT2D eigenvalue weighted by atomic mass is 16.5. The van der Waals surface area contributed by atoms with Crippen LogP contribution in [0.15, 0.2) is 30.5 Å². The molecule has 2 aliphatic heterocycles. The van der Waals surface area contributed by atoms with Gasteiger partial charge >= 0.3 is 0 Å². The first kappa shape index (κ1) is 16.0. The third kappa shape index (κ3) is 3.09. The van der Waals surface area contributed by atoms with Crippen molar-refractivity contribution in [1.82, 2.24) is 20.2 Å². The van der Waals surface area contributed by atoms with Crippen LogP contribution < -0.4 is 10.1 Å². The Kier molecular flexibility index (Phi) is 4.36. The molecule has 2 aliphatic rings. The van der Waals surface area contributed by atoms with Crippen LogP contribution in [0.4, 0.5) is 0 Å². The van der Waals surface area contributed by atoms with Gasteiger partial charge in [-0.15, -0.1) is 0 Å². The topological polar surface area (TPSA) is 67.3 Å². The molecule has 3 heterocycles. The summed E-state index contributed by atoms with van der Waals surface area (Å²) in [5.41, 5.74) is 2.93. The summed E-state index contributed by atoms with van der Waals surface area (Å²) in [5, 5.41) is 3.33. The van der Waals surface area contributed by atoms with Crippen LogP contribution in [0.1, 0.15) is 46.3 Å². The number of methoxy groups -OCH3 is 1. The molecule has 6 heteroatoms. The minimum Gasteiger partial charge on any atom is -0.497 e. The van der Waals surface area contributed by atoms with Crippen molar-refractivity contribution in [2.24, 2.45) is 0 Å². The zero-order valence-corrected chi connectivity index (χ0v) is 14.4. The van der Waals surface area contributed by atoms with Crippen LogP contribution in [0.3, 0.4) is 0 Å². The highest BCUT2D eigenvalue weighted by Crippen LogP contribution is 2.32. The van der Waals surface area contributed by atoms with Crippen LogP contribution in [0.25, 0.3) is 0 Å². The van der Waals surface area contributed by atoms with E-state index in [4.69, 9.17) is 9.72 Å². The Morgan fingerprint density at radius 2 is 2.32 bits per heavy atom. The number of fused-ring (bicyclic) bond motifs is 1. The van der Waals surface area contributed by atoms with Gasteiger partial charge in [0.05, 0.1) is 13.2 Å². The Labute approximate surface area is 147 Å². The molecule has 0 aliphatic carbocycles. The van der Waals surface area contributed by atoms with Gasteiger partial charge in [-0.25, -0.2) is 9.97 Å². The van der Waals surface area contributed by atoms with Crippen molar-refractivity contribution in [2.75, 3.05) is 20.2 Å². The number of ether oxygens (including phenoxy) is 1. The number of hydrogen-bond acceptors (Lipinski definition) is 5. The van der Waals surface area contributed by atoms with E-state index in [0.29, 0.717) is 11.3 Å². The Morgan fingerprint density at radius 3 is 3.20 bits per heavy atom. The number of nitrogens with one attached hydrogen (secondary N) is 1. The number of carbonyl (C=O) groups is 1. The molecule has 1 amide bonds. The smallest absolute Gasteiger partial charge is 0.254 e. The highest BCUT2D eigenvalue weighted by molar-refractivity contribution is 5.95. The number of rotatable bonds is 3. The van der Waals surface area contributed by atoms with Crippen molar-refractivity contribution >= 4 is 5.91 Å². The fourth-order valence-electron chi connectivity index (χ4n) is 3.61. The molecule has 0 bridgehead atoms. The molecule has 1 aromatic heterocycles. The van der Waals surface area contributed by atoms with Crippen molar-refractivity contribution in [3.8, 4) is 5.75 Å². The number of nitrogens with zero attached hydrogens (tertiary/aromatic N) is 3. The van der Waals surface area contributed by atoms with E-state index in [-0.39, 0.29) is 11.9 Å². The minimum atomic E-state index is -0.0427. The number of likely N-dealkylation sites (tertiary alicyclic amines) is 1. The number of hydrogen-bond donors (Lipinski definition) is 1. The van der Waals surface area contributed by atoms with Gasteiger partial charge in [-0.3, -0.25) is 4.79 Å². The quantitative estimate of drug-likeness (QED) is 0.928. The molecule has 1 atom stereocenters. The standard InChI is InChI=1S/C19H22N4O2/c1-25-15-5-2-4-13(10-15)19(24)23-9-3-6-17(23)18-21-12-14-11-20-8-7-16(14)22-18/h2,4-5,10,12,17,20H,3,6-9,11H2,1H3.